The minimum absolute atomic E-state index is 0.103. The third-order valence-corrected chi connectivity index (χ3v) is 6.23. The van der Waals surface area contributed by atoms with Crippen molar-refractivity contribution in [2.75, 3.05) is 35.0 Å². The molecule has 36 heavy (non-hydrogen) atoms. The van der Waals surface area contributed by atoms with Gasteiger partial charge in [0.05, 0.1) is 34.0 Å². The first-order valence-corrected chi connectivity index (χ1v) is 11.5. The average Bonchev–Trinajstić information content (AvgIpc) is 2.93. The van der Waals surface area contributed by atoms with Gasteiger partial charge in [0.15, 0.2) is 11.5 Å². The summed E-state index contributed by atoms with van der Waals surface area (Å²) < 4.78 is 26.8. The SMILES string of the molecule is COC(=O)c1ccc([C@H]2[C@@H](Oc3ccc(OC)cc3)C(=O)N2CCc2ccc(OC)c(OC)c2)cc1. The maximum Gasteiger partial charge on any atom is 0.337 e. The molecule has 3 aromatic carbocycles. The first-order chi connectivity index (χ1) is 17.5. The Morgan fingerprint density at radius 2 is 1.47 bits per heavy atom. The molecule has 1 aliphatic heterocycles. The predicted octanol–water partition coefficient (Wildman–Crippen LogP) is 4.07. The smallest absolute Gasteiger partial charge is 0.337 e. The quantitative estimate of drug-likeness (QED) is 0.312. The van der Waals surface area contributed by atoms with Gasteiger partial charge in [-0.2, -0.15) is 0 Å². The Bertz CT molecular complexity index is 1210. The summed E-state index contributed by atoms with van der Waals surface area (Å²) in [5.74, 6) is 2.05. The Balaban J connectivity index is 1.55. The van der Waals surface area contributed by atoms with Crippen molar-refractivity contribution in [2.45, 2.75) is 18.6 Å². The zero-order valence-corrected chi connectivity index (χ0v) is 20.7. The number of nitrogens with zero attached hydrogens (tertiary/aromatic N) is 1. The van der Waals surface area contributed by atoms with Crippen LogP contribution in [0, 0.1) is 0 Å². The highest BCUT2D eigenvalue weighted by molar-refractivity contribution is 5.91. The Hall–Kier alpha value is -4.20. The minimum atomic E-state index is -0.687. The Morgan fingerprint density at radius 3 is 2.08 bits per heavy atom. The first kappa shape index (κ1) is 24.9. The van der Waals surface area contributed by atoms with Crippen molar-refractivity contribution in [1.82, 2.24) is 4.90 Å². The molecule has 0 saturated carbocycles. The van der Waals surface area contributed by atoms with Crippen LogP contribution >= 0.6 is 0 Å². The molecular formula is C28H29NO7. The van der Waals surface area contributed by atoms with E-state index in [2.05, 4.69) is 0 Å². The van der Waals surface area contributed by atoms with E-state index in [1.165, 1.54) is 7.11 Å². The molecule has 1 fully saturated rings. The van der Waals surface area contributed by atoms with Crippen LogP contribution in [0.4, 0.5) is 0 Å². The van der Waals surface area contributed by atoms with Gasteiger partial charge in [-0.3, -0.25) is 4.79 Å². The number of methoxy groups -OCH3 is 4. The van der Waals surface area contributed by atoms with Gasteiger partial charge in [0.1, 0.15) is 17.5 Å². The van der Waals surface area contributed by atoms with Gasteiger partial charge >= 0.3 is 5.97 Å². The molecule has 0 aromatic heterocycles. The van der Waals surface area contributed by atoms with E-state index in [-0.39, 0.29) is 11.9 Å². The molecule has 1 saturated heterocycles. The van der Waals surface area contributed by atoms with E-state index in [0.717, 1.165) is 11.1 Å². The maximum atomic E-state index is 13.2. The van der Waals surface area contributed by atoms with Gasteiger partial charge in [-0.1, -0.05) is 18.2 Å². The molecule has 0 bridgehead atoms. The summed E-state index contributed by atoms with van der Waals surface area (Å²) in [7, 11) is 6.12. The minimum Gasteiger partial charge on any atom is -0.497 e. The Kier molecular flexibility index (Phi) is 7.63. The molecule has 8 nitrogen and oxygen atoms in total. The molecule has 1 amide bonds. The van der Waals surface area contributed by atoms with Crippen molar-refractivity contribution >= 4 is 11.9 Å². The van der Waals surface area contributed by atoms with Crippen molar-refractivity contribution in [3.8, 4) is 23.0 Å². The van der Waals surface area contributed by atoms with Crippen molar-refractivity contribution < 1.29 is 33.3 Å². The van der Waals surface area contributed by atoms with Crippen molar-refractivity contribution in [3.63, 3.8) is 0 Å². The molecule has 4 rings (SSSR count). The van der Waals surface area contributed by atoms with Gasteiger partial charge < -0.3 is 28.6 Å². The second kappa shape index (κ2) is 11.0. The van der Waals surface area contributed by atoms with Crippen LogP contribution < -0.4 is 18.9 Å². The molecule has 188 valence electrons. The van der Waals surface area contributed by atoms with Crippen molar-refractivity contribution in [2.24, 2.45) is 0 Å². The van der Waals surface area contributed by atoms with Gasteiger partial charge in [-0.15, -0.1) is 0 Å². The molecule has 2 atom stereocenters. The topological polar surface area (TPSA) is 83.5 Å². The molecule has 0 spiro atoms. The lowest BCUT2D eigenvalue weighted by molar-refractivity contribution is -0.164. The molecule has 1 aliphatic rings. The third-order valence-electron chi connectivity index (χ3n) is 6.23. The van der Waals surface area contributed by atoms with E-state index < -0.39 is 12.1 Å². The Labute approximate surface area is 210 Å². The van der Waals surface area contributed by atoms with Gasteiger partial charge in [-0.05, 0) is 66.1 Å². The summed E-state index contributed by atoms with van der Waals surface area (Å²) in [6, 6.07) is 19.6. The lowest BCUT2D eigenvalue weighted by Gasteiger charge is -2.47. The molecule has 3 aromatic rings. The first-order valence-electron chi connectivity index (χ1n) is 11.5. The number of likely N-dealkylation sites (tertiary alicyclic amines) is 1. The van der Waals surface area contributed by atoms with Crippen LogP contribution in [0.2, 0.25) is 0 Å². The van der Waals surface area contributed by atoms with Crippen LogP contribution in [0.1, 0.15) is 27.5 Å². The summed E-state index contributed by atoms with van der Waals surface area (Å²) in [6.45, 7) is 0.486. The number of β-lactam (4-membered cyclic amide) rings is 1. The number of carbonyl (C=O) groups excluding carboxylic acids is 2. The van der Waals surface area contributed by atoms with Crippen LogP contribution in [0.15, 0.2) is 66.7 Å². The Morgan fingerprint density at radius 1 is 0.806 bits per heavy atom. The predicted molar refractivity (Wildman–Crippen MR) is 133 cm³/mol. The fraction of sp³-hybridized carbons (Fsp3) is 0.286. The number of rotatable bonds is 10. The van der Waals surface area contributed by atoms with Crippen LogP contribution in [-0.2, 0) is 16.0 Å². The average molecular weight is 492 g/mol. The fourth-order valence-electron chi connectivity index (χ4n) is 4.26. The number of hydrogen-bond acceptors (Lipinski definition) is 7. The maximum absolute atomic E-state index is 13.2. The zero-order chi connectivity index (χ0) is 25.7. The number of carbonyl (C=O) groups is 2. The van der Waals surface area contributed by atoms with Gasteiger partial charge in [0.2, 0.25) is 6.10 Å². The third kappa shape index (κ3) is 5.07. The molecular weight excluding hydrogens is 462 g/mol. The van der Waals surface area contributed by atoms with Crippen molar-refractivity contribution in [1.29, 1.82) is 0 Å². The molecule has 0 radical (unpaired) electrons. The molecule has 0 unspecified atom stereocenters. The van der Waals surface area contributed by atoms with Crippen molar-refractivity contribution in [3.05, 3.63) is 83.4 Å². The van der Waals surface area contributed by atoms with Gasteiger partial charge in [0.25, 0.3) is 5.91 Å². The highest BCUT2D eigenvalue weighted by Gasteiger charge is 2.49. The number of esters is 1. The van der Waals surface area contributed by atoms with Gasteiger partial charge in [-0.25, -0.2) is 4.79 Å². The van der Waals surface area contributed by atoms with E-state index >= 15 is 0 Å². The summed E-state index contributed by atoms with van der Waals surface area (Å²) in [4.78, 5) is 26.9. The van der Waals surface area contributed by atoms with Crippen LogP contribution in [-0.4, -0.2) is 57.9 Å². The summed E-state index contributed by atoms with van der Waals surface area (Å²) in [5, 5.41) is 0. The second-order valence-corrected chi connectivity index (χ2v) is 8.24. The molecule has 0 aliphatic carbocycles. The molecule has 0 N–H and O–H groups in total. The summed E-state index contributed by atoms with van der Waals surface area (Å²) in [5.41, 5.74) is 2.32. The summed E-state index contributed by atoms with van der Waals surface area (Å²) >= 11 is 0. The lowest BCUT2D eigenvalue weighted by Crippen LogP contribution is -2.61. The van der Waals surface area contributed by atoms with E-state index in [1.807, 2.05) is 30.3 Å². The molecule has 8 heteroatoms. The van der Waals surface area contributed by atoms with Crippen LogP contribution in [0.25, 0.3) is 0 Å². The fourth-order valence-corrected chi connectivity index (χ4v) is 4.26. The lowest BCUT2D eigenvalue weighted by atomic mass is 9.89. The zero-order valence-electron chi connectivity index (χ0n) is 20.7. The number of hydrogen-bond donors (Lipinski definition) is 0. The monoisotopic (exact) mass is 491 g/mol. The van der Waals surface area contributed by atoms with E-state index in [4.69, 9.17) is 23.7 Å². The van der Waals surface area contributed by atoms with E-state index in [9.17, 15) is 9.59 Å². The van der Waals surface area contributed by atoms with Crippen LogP contribution in [0.3, 0.4) is 0 Å². The number of amides is 1. The standard InChI is InChI=1S/C28H29NO7/c1-32-21-10-12-22(13-11-21)36-26-25(19-6-8-20(9-7-19)28(31)35-4)29(27(26)30)16-15-18-5-14-23(33-2)24(17-18)34-3/h5-14,17,25-26H,15-16H2,1-4H3/t25-,26+/m0/s1. The number of ether oxygens (including phenoxy) is 5. The highest BCUT2D eigenvalue weighted by Crippen LogP contribution is 2.38. The second-order valence-electron chi connectivity index (χ2n) is 8.24. The molecule has 1 heterocycles. The number of benzene rings is 3. The highest BCUT2D eigenvalue weighted by atomic mass is 16.5. The van der Waals surface area contributed by atoms with E-state index in [1.54, 1.807) is 62.6 Å². The summed E-state index contributed by atoms with van der Waals surface area (Å²) in [6.07, 6.45) is -0.0641. The largest absolute Gasteiger partial charge is 0.497 e. The van der Waals surface area contributed by atoms with Crippen LogP contribution in [0.5, 0.6) is 23.0 Å². The normalized spacial score (nSPS) is 16.7. The van der Waals surface area contributed by atoms with Gasteiger partial charge in [0, 0.05) is 6.54 Å². The van der Waals surface area contributed by atoms with E-state index in [0.29, 0.717) is 41.5 Å².